The van der Waals surface area contributed by atoms with Crippen LogP contribution >= 0.6 is 15.9 Å². The Morgan fingerprint density at radius 3 is 3.00 bits per heavy atom. The minimum atomic E-state index is -0.215. The van der Waals surface area contributed by atoms with E-state index in [9.17, 15) is 4.79 Å². The van der Waals surface area contributed by atoms with Gasteiger partial charge in [-0.15, -0.1) is 0 Å². The molecule has 0 aromatic heterocycles. The van der Waals surface area contributed by atoms with E-state index < -0.39 is 0 Å². The largest absolute Gasteiger partial charge is 0.492 e. The number of hydrogen-bond acceptors (Lipinski definition) is 3. The van der Waals surface area contributed by atoms with Crippen LogP contribution in [0.15, 0.2) is 28.7 Å². The van der Waals surface area contributed by atoms with Crippen molar-refractivity contribution in [2.75, 3.05) is 19.8 Å². The smallest absolute Gasteiger partial charge is 0.315 e. The van der Waals surface area contributed by atoms with E-state index in [4.69, 9.17) is 9.84 Å². The summed E-state index contributed by atoms with van der Waals surface area (Å²) in [5, 5.41) is 14.2. The number of hydrogen-bond donors (Lipinski definition) is 3. The summed E-state index contributed by atoms with van der Waals surface area (Å²) in [5.41, 5.74) is 0. The van der Waals surface area contributed by atoms with Crippen molar-refractivity contribution in [3.63, 3.8) is 0 Å². The van der Waals surface area contributed by atoms with Crippen LogP contribution in [0.5, 0.6) is 5.75 Å². The van der Waals surface area contributed by atoms with Crippen molar-refractivity contribution in [3.05, 3.63) is 28.7 Å². The van der Waals surface area contributed by atoms with Gasteiger partial charge >= 0.3 is 6.03 Å². The number of halogens is 1. The van der Waals surface area contributed by atoms with Crippen molar-refractivity contribution in [2.24, 2.45) is 0 Å². The zero-order valence-electron chi connectivity index (χ0n) is 11.6. The van der Waals surface area contributed by atoms with Gasteiger partial charge in [-0.25, -0.2) is 4.79 Å². The Hall–Kier alpha value is -1.27. The van der Waals surface area contributed by atoms with E-state index in [1.807, 2.05) is 31.2 Å². The molecule has 1 aromatic rings. The molecule has 0 aliphatic heterocycles. The Morgan fingerprint density at radius 1 is 1.50 bits per heavy atom. The third-order valence-electron chi connectivity index (χ3n) is 2.63. The Labute approximate surface area is 127 Å². The number of urea groups is 1. The zero-order valence-corrected chi connectivity index (χ0v) is 13.1. The lowest BCUT2D eigenvalue weighted by molar-refractivity contribution is 0.230. The van der Waals surface area contributed by atoms with Gasteiger partial charge in [0.2, 0.25) is 0 Å². The van der Waals surface area contributed by atoms with E-state index in [2.05, 4.69) is 26.6 Å². The molecule has 0 saturated carbocycles. The molecule has 0 bridgehead atoms. The van der Waals surface area contributed by atoms with Gasteiger partial charge in [0.05, 0.1) is 6.54 Å². The van der Waals surface area contributed by atoms with Crippen LogP contribution < -0.4 is 15.4 Å². The number of nitrogens with one attached hydrogen (secondary N) is 2. The van der Waals surface area contributed by atoms with Gasteiger partial charge in [-0.1, -0.05) is 22.0 Å². The van der Waals surface area contributed by atoms with Crippen LogP contribution in [0.3, 0.4) is 0 Å². The van der Waals surface area contributed by atoms with Gasteiger partial charge in [0.25, 0.3) is 0 Å². The van der Waals surface area contributed by atoms with Crippen molar-refractivity contribution in [3.8, 4) is 5.75 Å². The first kappa shape index (κ1) is 16.8. The summed E-state index contributed by atoms with van der Waals surface area (Å²) in [6.07, 6.45) is 1.45. The molecule has 0 aliphatic rings. The summed E-state index contributed by atoms with van der Waals surface area (Å²) in [6.45, 7) is 2.90. The summed E-state index contributed by atoms with van der Waals surface area (Å²) in [6, 6.07) is 7.38. The number of aliphatic hydroxyl groups excluding tert-OH is 1. The Balaban J connectivity index is 2.13. The average molecular weight is 345 g/mol. The van der Waals surface area contributed by atoms with Crippen molar-refractivity contribution >= 4 is 22.0 Å². The van der Waals surface area contributed by atoms with Crippen LogP contribution in [0, 0.1) is 0 Å². The molecule has 0 heterocycles. The van der Waals surface area contributed by atoms with Gasteiger partial charge in [0.15, 0.2) is 0 Å². The topological polar surface area (TPSA) is 70.6 Å². The fraction of sp³-hybridized carbons (Fsp3) is 0.500. The number of rotatable bonds is 8. The van der Waals surface area contributed by atoms with Crippen molar-refractivity contribution in [1.82, 2.24) is 10.6 Å². The molecular weight excluding hydrogens is 324 g/mol. The number of carbonyl (C=O) groups is 1. The van der Waals surface area contributed by atoms with Gasteiger partial charge in [0.1, 0.15) is 12.4 Å². The lowest BCUT2D eigenvalue weighted by atomic mass is 10.2. The standard InChI is InChI=1S/C14H21BrN2O3/c1-11(4-3-8-18)17-14(19)16-7-9-20-13-6-2-5-12(15)10-13/h2,5-6,10-11,18H,3-4,7-9H2,1H3,(H2,16,17,19). The van der Waals surface area contributed by atoms with E-state index in [-0.39, 0.29) is 18.7 Å². The molecule has 5 nitrogen and oxygen atoms in total. The zero-order chi connectivity index (χ0) is 14.8. The Morgan fingerprint density at radius 2 is 2.30 bits per heavy atom. The highest BCUT2D eigenvalue weighted by Crippen LogP contribution is 2.17. The van der Waals surface area contributed by atoms with Gasteiger partial charge in [-0.3, -0.25) is 0 Å². The highest BCUT2D eigenvalue weighted by atomic mass is 79.9. The second-order valence-electron chi connectivity index (χ2n) is 4.47. The highest BCUT2D eigenvalue weighted by Gasteiger charge is 2.05. The normalized spacial score (nSPS) is 11.8. The van der Waals surface area contributed by atoms with Crippen LogP contribution in [0.25, 0.3) is 0 Å². The summed E-state index contributed by atoms with van der Waals surface area (Å²) < 4.78 is 6.46. The fourth-order valence-electron chi connectivity index (χ4n) is 1.63. The molecule has 0 fully saturated rings. The van der Waals surface area contributed by atoms with Gasteiger partial charge in [0, 0.05) is 17.1 Å². The quantitative estimate of drug-likeness (QED) is 0.633. The molecule has 0 radical (unpaired) electrons. The maximum atomic E-state index is 11.5. The molecule has 0 saturated heterocycles. The molecule has 1 atom stereocenters. The van der Waals surface area contributed by atoms with Crippen LogP contribution in [-0.2, 0) is 0 Å². The molecule has 1 rings (SSSR count). The summed E-state index contributed by atoms with van der Waals surface area (Å²) in [7, 11) is 0. The predicted molar refractivity (Wildman–Crippen MR) is 82.0 cm³/mol. The van der Waals surface area contributed by atoms with Crippen LogP contribution in [0.1, 0.15) is 19.8 Å². The lowest BCUT2D eigenvalue weighted by Gasteiger charge is -2.14. The van der Waals surface area contributed by atoms with E-state index in [0.717, 1.165) is 16.6 Å². The lowest BCUT2D eigenvalue weighted by Crippen LogP contribution is -2.42. The first-order valence-electron chi connectivity index (χ1n) is 6.65. The third kappa shape index (κ3) is 7.35. The Kier molecular flexibility index (Phi) is 8.06. The van der Waals surface area contributed by atoms with E-state index in [0.29, 0.717) is 19.6 Å². The molecule has 1 aromatic carbocycles. The number of benzene rings is 1. The van der Waals surface area contributed by atoms with Crippen LogP contribution in [0.4, 0.5) is 4.79 Å². The molecule has 0 spiro atoms. The third-order valence-corrected chi connectivity index (χ3v) is 3.12. The number of amides is 2. The Bertz CT molecular complexity index is 415. The molecule has 2 amide bonds. The van der Waals surface area contributed by atoms with Gasteiger partial charge in [-0.05, 0) is 38.0 Å². The summed E-state index contributed by atoms with van der Waals surface area (Å²) in [5.74, 6) is 0.762. The molecule has 6 heteroatoms. The monoisotopic (exact) mass is 344 g/mol. The summed E-state index contributed by atoms with van der Waals surface area (Å²) in [4.78, 5) is 11.5. The maximum absolute atomic E-state index is 11.5. The van der Waals surface area contributed by atoms with Crippen molar-refractivity contribution in [2.45, 2.75) is 25.8 Å². The second kappa shape index (κ2) is 9.61. The summed E-state index contributed by atoms with van der Waals surface area (Å²) >= 11 is 3.36. The SMILES string of the molecule is CC(CCCO)NC(=O)NCCOc1cccc(Br)c1. The average Bonchev–Trinajstić information content (AvgIpc) is 2.41. The minimum absolute atomic E-state index is 0.0492. The number of aliphatic hydroxyl groups is 1. The molecule has 3 N–H and O–H groups in total. The second-order valence-corrected chi connectivity index (χ2v) is 5.39. The van der Waals surface area contributed by atoms with Crippen LogP contribution in [0.2, 0.25) is 0 Å². The maximum Gasteiger partial charge on any atom is 0.315 e. The fourth-order valence-corrected chi connectivity index (χ4v) is 2.01. The number of carbonyl (C=O) groups excluding carboxylic acids is 1. The predicted octanol–water partition coefficient (Wildman–Crippen LogP) is 2.29. The molecule has 112 valence electrons. The number of ether oxygens (including phenoxy) is 1. The molecule has 20 heavy (non-hydrogen) atoms. The van der Waals surface area contributed by atoms with Gasteiger partial charge in [-0.2, -0.15) is 0 Å². The van der Waals surface area contributed by atoms with E-state index in [1.54, 1.807) is 0 Å². The van der Waals surface area contributed by atoms with Crippen LogP contribution in [-0.4, -0.2) is 36.9 Å². The van der Waals surface area contributed by atoms with Crippen molar-refractivity contribution < 1.29 is 14.6 Å². The molecule has 1 unspecified atom stereocenters. The molecular formula is C14H21BrN2O3. The first-order chi connectivity index (χ1) is 9.61. The molecule has 0 aliphatic carbocycles. The van der Waals surface area contributed by atoms with E-state index in [1.165, 1.54) is 0 Å². The minimum Gasteiger partial charge on any atom is -0.492 e. The first-order valence-corrected chi connectivity index (χ1v) is 7.44. The van der Waals surface area contributed by atoms with Crippen molar-refractivity contribution in [1.29, 1.82) is 0 Å². The highest BCUT2D eigenvalue weighted by molar-refractivity contribution is 9.10. The van der Waals surface area contributed by atoms with E-state index >= 15 is 0 Å². The van der Waals surface area contributed by atoms with Gasteiger partial charge < -0.3 is 20.5 Å².